The van der Waals surface area contributed by atoms with Gasteiger partial charge in [0.15, 0.2) is 9.84 Å². The molecule has 2 heterocycles. The Morgan fingerprint density at radius 2 is 2.08 bits per heavy atom. The molecule has 2 aromatic rings. The fraction of sp³-hybridized carbons (Fsp3) is 0.250. The smallest absolute Gasteiger partial charge is 0.387 e. The van der Waals surface area contributed by atoms with Gasteiger partial charge in [-0.25, -0.2) is 13.4 Å². The Morgan fingerprint density at radius 1 is 1.31 bits per heavy atom. The predicted octanol–water partition coefficient (Wildman–Crippen LogP) is 1.65. The van der Waals surface area contributed by atoms with E-state index < -0.39 is 28.5 Å². The second-order valence-corrected chi connectivity index (χ2v) is 7.44. The molecule has 0 radical (unpaired) electrons. The number of rotatable bonds is 5. The first-order valence-electron chi connectivity index (χ1n) is 7.52. The van der Waals surface area contributed by atoms with Crippen molar-refractivity contribution < 1.29 is 31.5 Å². The van der Waals surface area contributed by atoms with Crippen molar-refractivity contribution in [2.24, 2.45) is 0 Å². The van der Waals surface area contributed by atoms with Gasteiger partial charge in [-0.1, -0.05) is 12.1 Å². The van der Waals surface area contributed by atoms with Crippen molar-refractivity contribution in [2.45, 2.75) is 17.6 Å². The highest BCUT2D eigenvalue weighted by atomic mass is 32.2. The Balaban J connectivity index is 1.62. The number of halogens is 2. The van der Waals surface area contributed by atoms with Crippen LogP contribution in [-0.2, 0) is 9.84 Å². The number of fused-ring (bicyclic) bond motifs is 1. The highest BCUT2D eigenvalue weighted by molar-refractivity contribution is 7.91. The Labute approximate surface area is 147 Å². The van der Waals surface area contributed by atoms with Gasteiger partial charge in [0.2, 0.25) is 0 Å². The molecule has 1 aromatic carbocycles. The summed E-state index contributed by atoms with van der Waals surface area (Å²) < 4.78 is 58.4. The second kappa shape index (κ2) is 7.24. The maximum Gasteiger partial charge on any atom is 0.387 e. The van der Waals surface area contributed by atoms with E-state index in [9.17, 15) is 22.0 Å². The van der Waals surface area contributed by atoms with Gasteiger partial charge in [-0.05, 0) is 24.3 Å². The van der Waals surface area contributed by atoms with E-state index in [0.29, 0.717) is 0 Å². The van der Waals surface area contributed by atoms with Crippen LogP contribution in [0.4, 0.5) is 8.78 Å². The number of nitrogens with one attached hydrogen (secondary N) is 1. The minimum Gasteiger partial charge on any atom is -0.486 e. The van der Waals surface area contributed by atoms with Gasteiger partial charge in [0.05, 0.1) is 18.5 Å². The monoisotopic (exact) mass is 384 g/mol. The van der Waals surface area contributed by atoms with Crippen LogP contribution in [-0.4, -0.2) is 44.3 Å². The lowest BCUT2D eigenvalue weighted by molar-refractivity contribution is -0.0500. The molecule has 0 saturated carbocycles. The first kappa shape index (κ1) is 18.1. The number of pyridine rings is 1. The van der Waals surface area contributed by atoms with Crippen LogP contribution in [0.5, 0.6) is 11.5 Å². The summed E-state index contributed by atoms with van der Waals surface area (Å²) in [4.78, 5) is 15.9. The molecule has 138 valence electrons. The third-order valence-electron chi connectivity index (χ3n) is 3.57. The molecule has 1 unspecified atom stereocenters. The summed E-state index contributed by atoms with van der Waals surface area (Å²) in [5.74, 6) is -0.785. The number of aromatic nitrogens is 1. The van der Waals surface area contributed by atoms with Crippen LogP contribution in [0.15, 0.2) is 47.5 Å². The largest absolute Gasteiger partial charge is 0.486 e. The zero-order valence-corrected chi connectivity index (χ0v) is 14.1. The lowest BCUT2D eigenvalue weighted by Crippen LogP contribution is -2.42. The number of sulfone groups is 1. The normalized spacial score (nSPS) is 17.9. The van der Waals surface area contributed by atoms with Crippen LogP contribution in [0, 0.1) is 0 Å². The molecule has 26 heavy (non-hydrogen) atoms. The lowest BCUT2D eigenvalue weighted by Gasteiger charge is -2.26. The van der Waals surface area contributed by atoms with Crippen molar-refractivity contribution in [1.82, 2.24) is 10.3 Å². The number of ether oxygens (including phenoxy) is 2. The Bertz CT molecular complexity index is 903. The summed E-state index contributed by atoms with van der Waals surface area (Å²) in [6.45, 7) is -3.03. The molecule has 3 rings (SSSR count). The summed E-state index contributed by atoms with van der Waals surface area (Å²) in [5.41, 5.74) is -0.0225. The maximum absolute atomic E-state index is 12.2. The Morgan fingerprint density at radius 3 is 2.77 bits per heavy atom. The number of para-hydroxylation sites is 1. The Kier molecular flexibility index (Phi) is 5.03. The molecule has 1 amide bonds. The molecule has 1 aliphatic heterocycles. The summed E-state index contributed by atoms with van der Waals surface area (Å²) in [6, 6.07) is 8.68. The number of carbonyl (C=O) groups excluding carboxylic acids is 1. The van der Waals surface area contributed by atoms with Crippen molar-refractivity contribution in [3.8, 4) is 11.5 Å². The second-order valence-electron chi connectivity index (χ2n) is 5.44. The van der Waals surface area contributed by atoms with Gasteiger partial charge in [0.1, 0.15) is 28.2 Å². The van der Waals surface area contributed by atoms with Gasteiger partial charge in [-0.15, -0.1) is 0 Å². The molecule has 0 spiro atoms. The van der Waals surface area contributed by atoms with E-state index >= 15 is 0 Å². The van der Waals surface area contributed by atoms with Crippen LogP contribution < -0.4 is 14.8 Å². The van der Waals surface area contributed by atoms with Crippen molar-refractivity contribution in [2.75, 3.05) is 12.3 Å². The lowest BCUT2D eigenvalue weighted by atomic mass is 10.3. The molecule has 1 aliphatic rings. The molecular weight excluding hydrogens is 370 g/mol. The topological polar surface area (TPSA) is 94.6 Å². The first-order chi connectivity index (χ1) is 12.3. The minimum absolute atomic E-state index is 0.0225. The summed E-state index contributed by atoms with van der Waals surface area (Å²) >= 11 is 0. The fourth-order valence-electron chi connectivity index (χ4n) is 2.44. The third-order valence-corrected chi connectivity index (χ3v) is 5.39. The quantitative estimate of drug-likeness (QED) is 0.842. The number of hydrogen-bond donors (Lipinski definition) is 1. The van der Waals surface area contributed by atoms with Crippen molar-refractivity contribution in [1.29, 1.82) is 0 Å². The minimum atomic E-state index is -3.50. The van der Waals surface area contributed by atoms with Crippen LogP contribution in [0.1, 0.15) is 10.5 Å². The van der Waals surface area contributed by atoms with Crippen molar-refractivity contribution in [3.05, 3.63) is 48.3 Å². The SMILES string of the molecule is O=C(NCC1CS(=O)(=O)c2ccccc2O1)c1ccc(OC(F)F)cn1. The zero-order valence-electron chi connectivity index (χ0n) is 13.3. The van der Waals surface area contributed by atoms with Crippen molar-refractivity contribution >= 4 is 15.7 Å². The highest BCUT2D eigenvalue weighted by Gasteiger charge is 2.31. The van der Waals surface area contributed by atoms with E-state index in [1.807, 2.05) is 0 Å². The van der Waals surface area contributed by atoms with Gasteiger partial charge in [-0.2, -0.15) is 8.78 Å². The van der Waals surface area contributed by atoms with E-state index in [2.05, 4.69) is 15.0 Å². The number of benzene rings is 1. The molecule has 0 aliphatic carbocycles. The van der Waals surface area contributed by atoms with Crippen LogP contribution in [0.3, 0.4) is 0 Å². The maximum atomic E-state index is 12.2. The summed E-state index contributed by atoms with van der Waals surface area (Å²) in [6.07, 6.45) is 0.249. The Hall–Kier alpha value is -2.75. The molecule has 10 heteroatoms. The molecule has 1 aromatic heterocycles. The molecular formula is C16H14F2N2O5S. The predicted molar refractivity (Wildman–Crippen MR) is 86.1 cm³/mol. The van der Waals surface area contributed by atoms with Gasteiger partial charge in [0, 0.05) is 0 Å². The third kappa shape index (κ3) is 4.07. The van der Waals surface area contributed by atoms with Crippen molar-refractivity contribution in [3.63, 3.8) is 0 Å². The standard InChI is InChI=1S/C16H14F2N2O5S/c17-16(18)25-10-5-6-12(19-7-10)15(21)20-8-11-9-26(22,23)14-4-2-1-3-13(14)24-11/h1-7,11,16H,8-9H2,(H,20,21). The summed E-state index contributed by atoms with van der Waals surface area (Å²) in [7, 11) is -3.50. The molecule has 0 saturated heterocycles. The van der Waals surface area contributed by atoms with E-state index in [0.717, 1.165) is 6.20 Å². The molecule has 1 N–H and O–H groups in total. The average Bonchev–Trinajstić information content (AvgIpc) is 2.59. The van der Waals surface area contributed by atoms with Gasteiger partial charge < -0.3 is 14.8 Å². The number of nitrogens with zero attached hydrogens (tertiary/aromatic N) is 1. The molecule has 7 nitrogen and oxygen atoms in total. The number of hydrogen-bond acceptors (Lipinski definition) is 6. The number of alkyl halides is 2. The van der Waals surface area contributed by atoms with Crippen LogP contribution in [0.25, 0.3) is 0 Å². The highest BCUT2D eigenvalue weighted by Crippen LogP contribution is 2.30. The van der Waals surface area contributed by atoms with Gasteiger partial charge >= 0.3 is 6.61 Å². The van der Waals surface area contributed by atoms with E-state index in [1.54, 1.807) is 18.2 Å². The first-order valence-corrected chi connectivity index (χ1v) is 9.18. The van der Waals surface area contributed by atoms with Gasteiger partial charge in [-0.3, -0.25) is 4.79 Å². The van der Waals surface area contributed by atoms with E-state index in [4.69, 9.17) is 4.74 Å². The number of amides is 1. The average molecular weight is 384 g/mol. The van der Waals surface area contributed by atoms with E-state index in [-0.39, 0.29) is 34.4 Å². The molecule has 1 atom stereocenters. The van der Waals surface area contributed by atoms with Gasteiger partial charge in [0.25, 0.3) is 5.91 Å². The summed E-state index contributed by atoms with van der Waals surface area (Å²) in [5, 5.41) is 2.52. The fourth-order valence-corrected chi connectivity index (χ4v) is 4.00. The van der Waals surface area contributed by atoms with Crippen LogP contribution in [0.2, 0.25) is 0 Å². The molecule has 0 fully saturated rings. The zero-order chi connectivity index (χ0) is 18.7. The molecule has 0 bridgehead atoms. The van der Waals surface area contributed by atoms with E-state index in [1.165, 1.54) is 18.2 Å². The number of carbonyl (C=O) groups is 1. The van der Waals surface area contributed by atoms with Crippen LogP contribution >= 0.6 is 0 Å².